The zero-order chi connectivity index (χ0) is 19.2. The molecule has 1 saturated heterocycles. The first kappa shape index (κ1) is 23.2. The highest BCUT2D eigenvalue weighted by Crippen LogP contribution is 2.36. The van der Waals surface area contributed by atoms with Crippen molar-refractivity contribution in [2.75, 3.05) is 27.2 Å². The number of aliphatic imine (C=N–C) groups is 1. The van der Waals surface area contributed by atoms with Gasteiger partial charge >= 0.3 is 0 Å². The maximum Gasteiger partial charge on any atom is 0.191 e. The molecule has 0 saturated carbocycles. The average Bonchev–Trinajstić information content (AvgIpc) is 3.34. The number of thiophene rings is 1. The molecular formula is C20H32IN5OS. The van der Waals surface area contributed by atoms with Crippen molar-refractivity contribution >= 4 is 41.3 Å². The lowest BCUT2D eigenvalue weighted by Crippen LogP contribution is -2.44. The van der Waals surface area contributed by atoms with E-state index in [1.165, 1.54) is 17.7 Å². The Hall–Kier alpha value is -1.13. The molecule has 0 bridgehead atoms. The highest BCUT2D eigenvalue weighted by atomic mass is 127. The lowest BCUT2D eigenvalue weighted by atomic mass is 9.88. The van der Waals surface area contributed by atoms with Crippen LogP contribution in [-0.2, 0) is 6.54 Å². The van der Waals surface area contributed by atoms with Crippen molar-refractivity contribution in [1.29, 1.82) is 0 Å². The van der Waals surface area contributed by atoms with Gasteiger partial charge in [0, 0.05) is 30.6 Å². The molecule has 1 fully saturated rings. The van der Waals surface area contributed by atoms with Crippen LogP contribution in [0.3, 0.4) is 0 Å². The van der Waals surface area contributed by atoms with Gasteiger partial charge in [-0.3, -0.25) is 9.89 Å². The van der Waals surface area contributed by atoms with Gasteiger partial charge in [0.15, 0.2) is 11.7 Å². The summed E-state index contributed by atoms with van der Waals surface area (Å²) in [5.74, 6) is 2.57. The number of halogens is 1. The number of guanidine groups is 1. The third-order valence-corrected chi connectivity index (χ3v) is 6.14. The molecule has 156 valence electrons. The van der Waals surface area contributed by atoms with E-state index >= 15 is 0 Å². The molecule has 3 rings (SSSR count). The maximum atomic E-state index is 5.39. The van der Waals surface area contributed by atoms with E-state index in [4.69, 9.17) is 4.52 Å². The number of nitrogens with zero attached hydrogens (tertiary/aromatic N) is 3. The largest absolute Gasteiger partial charge is 0.359 e. The Morgan fingerprint density at radius 2 is 2.25 bits per heavy atom. The van der Waals surface area contributed by atoms with Crippen LogP contribution in [0.5, 0.6) is 0 Å². The summed E-state index contributed by atoms with van der Waals surface area (Å²) < 4.78 is 5.39. The number of likely N-dealkylation sites (tertiary alicyclic amines) is 1. The van der Waals surface area contributed by atoms with Gasteiger partial charge in [-0.1, -0.05) is 25.1 Å². The van der Waals surface area contributed by atoms with Crippen molar-refractivity contribution in [1.82, 2.24) is 20.7 Å². The van der Waals surface area contributed by atoms with E-state index in [0.717, 1.165) is 30.5 Å². The fourth-order valence-corrected chi connectivity index (χ4v) is 4.67. The lowest BCUT2D eigenvalue weighted by Gasteiger charge is -2.39. The second-order valence-electron chi connectivity index (χ2n) is 7.52. The van der Waals surface area contributed by atoms with E-state index in [0.29, 0.717) is 24.4 Å². The first-order valence-corrected chi connectivity index (χ1v) is 10.6. The molecule has 1 aliphatic rings. The number of nitrogens with one attached hydrogen (secondary N) is 2. The SMILES string of the molecule is CN=C(NCc1cc(C(C)C)no1)NCC1CCCN(C)C1c1cccs1.I. The molecule has 2 N–H and O–H groups in total. The summed E-state index contributed by atoms with van der Waals surface area (Å²) in [4.78, 5) is 8.30. The highest BCUT2D eigenvalue weighted by Gasteiger charge is 2.31. The van der Waals surface area contributed by atoms with Crippen LogP contribution in [0.1, 0.15) is 55.0 Å². The van der Waals surface area contributed by atoms with Gasteiger partial charge in [-0.15, -0.1) is 35.3 Å². The molecule has 8 heteroatoms. The Labute approximate surface area is 189 Å². The Balaban J connectivity index is 0.00000280. The molecule has 0 spiro atoms. The summed E-state index contributed by atoms with van der Waals surface area (Å²) in [7, 11) is 4.04. The van der Waals surface area contributed by atoms with E-state index in [1.807, 2.05) is 17.4 Å². The van der Waals surface area contributed by atoms with Crippen LogP contribution in [0.15, 0.2) is 33.1 Å². The predicted molar refractivity (Wildman–Crippen MR) is 127 cm³/mol. The van der Waals surface area contributed by atoms with Crippen molar-refractivity contribution in [3.63, 3.8) is 0 Å². The van der Waals surface area contributed by atoms with Crippen LogP contribution in [0.4, 0.5) is 0 Å². The van der Waals surface area contributed by atoms with Crippen molar-refractivity contribution < 1.29 is 4.52 Å². The van der Waals surface area contributed by atoms with Gasteiger partial charge in [-0.25, -0.2) is 0 Å². The van der Waals surface area contributed by atoms with Crippen LogP contribution in [0.25, 0.3) is 0 Å². The Bertz CT molecular complexity index is 731. The molecule has 0 aromatic carbocycles. The number of hydrogen-bond acceptors (Lipinski definition) is 5. The van der Waals surface area contributed by atoms with E-state index in [2.05, 4.69) is 64.1 Å². The fraction of sp³-hybridized carbons (Fsp3) is 0.600. The number of aromatic nitrogens is 1. The molecule has 28 heavy (non-hydrogen) atoms. The first-order chi connectivity index (χ1) is 13.1. The zero-order valence-electron chi connectivity index (χ0n) is 17.1. The fourth-order valence-electron chi connectivity index (χ4n) is 3.69. The normalized spacial score (nSPS) is 20.8. The van der Waals surface area contributed by atoms with E-state index in [9.17, 15) is 0 Å². The summed E-state index contributed by atoms with van der Waals surface area (Å²) in [5, 5.41) is 13.1. The van der Waals surface area contributed by atoms with E-state index < -0.39 is 0 Å². The Kier molecular flexibility index (Phi) is 9.23. The monoisotopic (exact) mass is 517 g/mol. The second-order valence-corrected chi connectivity index (χ2v) is 8.50. The van der Waals surface area contributed by atoms with Gasteiger partial charge in [0.2, 0.25) is 0 Å². The minimum Gasteiger partial charge on any atom is -0.359 e. The van der Waals surface area contributed by atoms with Gasteiger partial charge in [-0.2, -0.15) is 0 Å². The third kappa shape index (κ3) is 5.93. The standard InChI is InChI=1S/C20H31N5OS.HI/c1-14(2)17-11-16(26-24-17)13-23-20(21-3)22-12-15-7-5-9-25(4)19(15)18-8-6-10-27-18;/h6,8,10-11,14-15,19H,5,7,9,12-13H2,1-4H3,(H2,21,22,23);1H. The highest BCUT2D eigenvalue weighted by molar-refractivity contribution is 14.0. The van der Waals surface area contributed by atoms with Crippen molar-refractivity contribution in [2.24, 2.45) is 10.9 Å². The molecule has 6 nitrogen and oxygen atoms in total. The summed E-state index contributed by atoms with van der Waals surface area (Å²) in [6.45, 7) is 6.87. The molecule has 0 aliphatic carbocycles. The molecular weight excluding hydrogens is 485 g/mol. The summed E-state index contributed by atoms with van der Waals surface area (Å²) in [6, 6.07) is 6.89. The Morgan fingerprint density at radius 1 is 1.43 bits per heavy atom. The quantitative estimate of drug-likeness (QED) is 0.341. The molecule has 2 atom stereocenters. The molecule has 0 radical (unpaired) electrons. The number of rotatable bonds is 6. The minimum atomic E-state index is 0. The van der Waals surface area contributed by atoms with Gasteiger partial charge in [-0.05, 0) is 49.7 Å². The third-order valence-electron chi connectivity index (χ3n) is 5.20. The van der Waals surface area contributed by atoms with Gasteiger partial charge < -0.3 is 15.2 Å². The summed E-state index contributed by atoms with van der Waals surface area (Å²) >= 11 is 1.85. The average molecular weight is 517 g/mol. The van der Waals surface area contributed by atoms with E-state index in [1.54, 1.807) is 7.05 Å². The molecule has 3 heterocycles. The van der Waals surface area contributed by atoms with Gasteiger partial charge in [0.25, 0.3) is 0 Å². The van der Waals surface area contributed by atoms with Gasteiger partial charge in [0.1, 0.15) is 0 Å². The van der Waals surface area contributed by atoms with Crippen LogP contribution >= 0.6 is 35.3 Å². The lowest BCUT2D eigenvalue weighted by molar-refractivity contribution is 0.125. The zero-order valence-corrected chi connectivity index (χ0v) is 20.3. The Morgan fingerprint density at radius 3 is 2.89 bits per heavy atom. The maximum absolute atomic E-state index is 5.39. The van der Waals surface area contributed by atoms with Crippen LogP contribution < -0.4 is 10.6 Å². The number of hydrogen-bond donors (Lipinski definition) is 2. The number of piperidine rings is 1. The predicted octanol–water partition coefficient (Wildman–Crippen LogP) is 4.23. The van der Waals surface area contributed by atoms with Crippen molar-refractivity contribution in [3.05, 3.63) is 39.9 Å². The van der Waals surface area contributed by atoms with Gasteiger partial charge in [0.05, 0.1) is 12.2 Å². The molecule has 0 amide bonds. The molecule has 2 unspecified atom stereocenters. The van der Waals surface area contributed by atoms with Crippen LogP contribution in [0.2, 0.25) is 0 Å². The molecule has 2 aromatic heterocycles. The minimum absolute atomic E-state index is 0. The second kappa shape index (κ2) is 11.2. The molecule has 2 aromatic rings. The van der Waals surface area contributed by atoms with E-state index in [-0.39, 0.29) is 24.0 Å². The smallest absolute Gasteiger partial charge is 0.191 e. The van der Waals surface area contributed by atoms with Crippen molar-refractivity contribution in [2.45, 2.75) is 45.2 Å². The topological polar surface area (TPSA) is 65.7 Å². The first-order valence-electron chi connectivity index (χ1n) is 9.72. The van der Waals surface area contributed by atoms with Crippen molar-refractivity contribution in [3.8, 4) is 0 Å². The summed E-state index contributed by atoms with van der Waals surface area (Å²) in [5.41, 5.74) is 0.985. The molecule has 1 aliphatic heterocycles. The van der Waals surface area contributed by atoms with Crippen LogP contribution in [0, 0.1) is 5.92 Å². The van der Waals surface area contributed by atoms with Crippen LogP contribution in [-0.4, -0.2) is 43.2 Å². The summed E-state index contributed by atoms with van der Waals surface area (Å²) in [6.07, 6.45) is 2.48.